The van der Waals surface area contributed by atoms with Crippen molar-refractivity contribution in [3.63, 3.8) is 0 Å². The predicted molar refractivity (Wildman–Crippen MR) is 73.0 cm³/mol. The van der Waals surface area contributed by atoms with E-state index in [1.807, 2.05) is 0 Å². The monoisotopic (exact) mass is 288 g/mol. The average Bonchev–Trinajstić information content (AvgIpc) is 2.39. The number of nitrogen functional groups attached to an aromatic ring is 1. The van der Waals surface area contributed by atoms with Gasteiger partial charge in [0.25, 0.3) is 0 Å². The Labute approximate surface area is 116 Å². The highest BCUT2D eigenvalue weighted by molar-refractivity contribution is 6.32. The van der Waals surface area contributed by atoms with Gasteiger partial charge in [-0.1, -0.05) is 11.6 Å². The molecule has 0 saturated heterocycles. The Kier molecular flexibility index (Phi) is 6.26. The highest BCUT2D eigenvalue weighted by Gasteiger charge is 2.13. The molecule has 9 heteroatoms. The Bertz CT molecular complexity index is 430. The van der Waals surface area contributed by atoms with Crippen molar-refractivity contribution in [3.05, 3.63) is 11.2 Å². The number of hydrogen-bond donors (Lipinski definition) is 3. The molecule has 0 aliphatic rings. The van der Waals surface area contributed by atoms with Gasteiger partial charge in [0.1, 0.15) is 5.02 Å². The van der Waals surface area contributed by atoms with E-state index in [4.69, 9.17) is 22.2 Å². The Hall–Kier alpha value is -1.64. The zero-order chi connectivity index (χ0) is 14.3. The number of nitrogens with one attached hydrogen (secondary N) is 2. The number of aromatic nitrogens is 2. The number of likely N-dealkylation sites (N-methyl/N-ethyl adjacent to an activating group) is 1. The lowest BCUT2D eigenvalue weighted by atomic mass is 10.4. The number of anilines is 2. The van der Waals surface area contributed by atoms with Gasteiger partial charge in [0.05, 0.1) is 19.3 Å². The Morgan fingerprint density at radius 1 is 1.63 bits per heavy atom. The van der Waals surface area contributed by atoms with Crippen LogP contribution in [-0.4, -0.2) is 49.7 Å². The molecule has 0 aromatic carbocycles. The van der Waals surface area contributed by atoms with Crippen molar-refractivity contribution in [1.82, 2.24) is 15.3 Å². The molecule has 1 amide bonds. The number of carbonyl (C=O) groups is 1. The van der Waals surface area contributed by atoms with Gasteiger partial charge in [0.15, 0.2) is 5.82 Å². The smallest absolute Gasteiger partial charge is 0.239 e. The lowest BCUT2D eigenvalue weighted by Crippen LogP contribution is -2.37. The molecule has 0 aliphatic carbocycles. The van der Waals surface area contributed by atoms with Gasteiger partial charge in [-0.25, -0.2) is 10.8 Å². The molecular weight excluding hydrogens is 272 g/mol. The van der Waals surface area contributed by atoms with Gasteiger partial charge in [-0.05, 0) is 0 Å². The molecule has 8 nitrogen and oxygen atoms in total. The zero-order valence-electron chi connectivity index (χ0n) is 10.8. The molecule has 0 spiro atoms. The third-order valence-corrected chi connectivity index (χ3v) is 2.49. The first-order valence-electron chi connectivity index (χ1n) is 5.54. The van der Waals surface area contributed by atoms with Crippen LogP contribution in [0, 0.1) is 0 Å². The van der Waals surface area contributed by atoms with Crippen LogP contribution in [0.5, 0.6) is 0 Å². The number of hydrazine groups is 1. The molecule has 1 aromatic rings. The van der Waals surface area contributed by atoms with Gasteiger partial charge in [-0.15, -0.1) is 0 Å². The van der Waals surface area contributed by atoms with Crippen LogP contribution in [0.4, 0.5) is 11.8 Å². The summed E-state index contributed by atoms with van der Waals surface area (Å²) in [4.78, 5) is 21.2. The van der Waals surface area contributed by atoms with Gasteiger partial charge in [-0.2, -0.15) is 4.98 Å². The maximum atomic E-state index is 11.6. The number of carbonyl (C=O) groups excluding carboxylic acids is 1. The predicted octanol–water partition coefficient (Wildman–Crippen LogP) is -0.386. The number of halogens is 1. The molecule has 0 aliphatic heterocycles. The van der Waals surface area contributed by atoms with E-state index < -0.39 is 0 Å². The second-order valence-electron chi connectivity index (χ2n) is 3.71. The molecule has 0 atom stereocenters. The van der Waals surface area contributed by atoms with Crippen molar-refractivity contribution in [2.75, 3.05) is 44.2 Å². The van der Waals surface area contributed by atoms with Crippen LogP contribution in [0.3, 0.4) is 0 Å². The number of nitrogens with two attached hydrogens (primary N) is 1. The largest absolute Gasteiger partial charge is 0.383 e. The van der Waals surface area contributed by atoms with Gasteiger partial charge < -0.3 is 15.0 Å². The van der Waals surface area contributed by atoms with Crippen LogP contribution in [-0.2, 0) is 9.53 Å². The quantitative estimate of drug-likeness (QED) is 0.357. The van der Waals surface area contributed by atoms with E-state index in [9.17, 15) is 4.79 Å². The van der Waals surface area contributed by atoms with Crippen molar-refractivity contribution < 1.29 is 9.53 Å². The summed E-state index contributed by atoms with van der Waals surface area (Å²) in [6.07, 6.45) is 1.42. The molecule has 106 valence electrons. The lowest BCUT2D eigenvalue weighted by molar-refractivity contribution is -0.119. The van der Waals surface area contributed by atoms with Crippen LogP contribution in [0.25, 0.3) is 0 Å². The molecule has 0 radical (unpaired) electrons. The summed E-state index contributed by atoms with van der Waals surface area (Å²) in [5, 5.41) is 3.04. The molecule has 1 heterocycles. The number of methoxy groups -OCH3 is 1. The summed E-state index contributed by atoms with van der Waals surface area (Å²) >= 11 is 5.97. The highest BCUT2D eigenvalue weighted by atomic mass is 35.5. The molecule has 19 heavy (non-hydrogen) atoms. The Morgan fingerprint density at radius 2 is 2.37 bits per heavy atom. The van der Waals surface area contributed by atoms with Crippen molar-refractivity contribution >= 4 is 29.3 Å². The van der Waals surface area contributed by atoms with Gasteiger partial charge in [0.2, 0.25) is 11.9 Å². The molecule has 0 bridgehead atoms. The van der Waals surface area contributed by atoms with Gasteiger partial charge >= 0.3 is 0 Å². The minimum Gasteiger partial charge on any atom is -0.383 e. The number of nitrogens with zero attached hydrogens (tertiary/aromatic N) is 3. The first kappa shape index (κ1) is 15.4. The van der Waals surface area contributed by atoms with Crippen LogP contribution in [0.2, 0.25) is 5.02 Å². The standard InChI is InChI=1S/C10H17ClN6O2/c1-17(6-8(18)13-3-4-19-2)9-7(11)5-14-10(15-9)16-12/h5H,3-4,6,12H2,1-2H3,(H,13,18)(H,14,15,16). The van der Waals surface area contributed by atoms with Gasteiger partial charge in [0, 0.05) is 20.7 Å². The van der Waals surface area contributed by atoms with Crippen LogP contribution >= 0.6 is 11.6 Å². The summed E-state index contributed by atoms with van der Waals surface area (Å²) in [6.45, 7) is 1.03. The summed E-state index contributed by atoms with van der Waals surface area (Å²) in [5.74, 6) is 5.72. The molecule has 0 fully saturated rings. The Morgan fingerprint density at radius 3 is 3.00 bits per heavy atom. The van der Waals surface area contributed by atoms with E-state index in [0.29, 0.717) is 24.0 Å². The summed E-state index contributed by atoms with van der Waals surface area (Å²) in [6, 6.07) is 0. The van der Waals surface area contributed by atoms with Gasteiger partial charge in [-0.3, -0.25) is 10.2 Å². The third kappa shape index (κ3) is 4.86. The van der Waals surface area contributed by atoms with E-state index in [0.717, 1.165) is 0 Å². The molecular formula is C10H17ClN6O2. The number of hydrogen-bond acceptors (Lipinski definition) is 7. The molecule has 1 aromatic heterocycles. The second-order valence-corrected chi connectivity index (χ2v) is 4.12. The van der Waals surface area contributed by atoms with Crippen LogP contribution in [0.15, 0.2) is 6.20 Å². The van der Waals surface area contributed by atoms with Crippen LogP contribution in [0.1, 0.15) is 0 Å². The fourth-order valence-electron chi connectivity index (χ4n) is 1.33. The SMILES string of the molecule is COCCNC(=O)CN(C)c1nc(NN)ncc1Cl. The first-order valence-corrected chi connectivity index (χ1v) is 5.92. The molecule has 1 rings (SSSR count). The fraction of sp³-hybridized carbons (Fsp3) is 0.500. The number of amides is 1. The highest BCUT2D eigenvalue weighted by Crippen LogP contribution is 2.22. The van der Waals surface area contributed by atoms with E-state index in [-0.39, 0.29) is 18.4 Å². The van der Waals surface area contributed by atoms with Crippen LogP contribution < -0.4 is 21.5 Å². The molecule has 0 saturated carbocycles. The lowest BCUT2D eigenvalue weighted by Gasteiger charge is -2.19. The van der Waals surface area contributed by atoms with E-state index in [1.165, 1.54) is 6.20 Å². The average molecular weight is 289 g/mol. The summed E-state index contributed by atoms with van der Waals surface area (Å²) in [5.41, 5.74) is 2.32. The number of rotatable bonds is 7. The Balaban J connectivity index is 2.61. The maximum Gasteiger partial charge on any atom is 0.239 e. The van der Waals surface area contributed by atoms with Crippen molar-refractivity contribution in [2.24, 2.45) is 5.84 Å². The first-order chi connectivity index (χ1) is 9.08. The summed E-state index contributed by atoms with van der Waals surface area (Å²) < 4.78 is 4.84. The number of ether oxygens (including phenoxy) is 1. The van der Waals surface area contributed by atoms with Crippen molar-refractivity contribution in [1.29, 1.82) is 0 Å². The second kappa shape index (κ2) is 7.72. The van der Waals surface area contributed by atoms with E-state index in [2.05, 4.69) is 20.7 Å². The third-order valence-electron chi connectivity index (χ3n) is 2.23. The van der Waals surface area contributed by atoms with Crippen molar-refractivity contribution in [2.45, 2.75) is 0 Å². The van der Waals surface area contributed by atoms with E-state index >= 15 is 0 Å². The minimum absolute atomic E-state index is 0.116. The normalized spacial score (nSPS) is 10.1. The van der Waals surface area contributed by atoms with Crippen molar-refractivity contribution in [3.8, 4) is 0 Å². The molecule has 4 N–H and O–H groups in total. The topological polar surface area (TPSA) is 105 Å². The zero-order valence-corrected chi connectivity index (χ0v) is 11.6. The maximum absolute atomic E-state index is 11.6. The molecule has 0 unspecified atom stereocenters. The van der Waals surface area contributed by atoms with E-state index in [1.54, 1.807) is 19.1 Å². The fourth-order valence-corrected chi connectivity index (χ4v) is 1.57. The minimum atomic E-state index is -0.156. The summed E-state index contributed by atoms with van der Waals surface area (Å²) in [7, 11) is 3.27.